The summed E-state index contributed by atoms with van der Waals surface area (Å²) in [7, 11) is -5.30. The second-order valence-electron chi connectivity index (χ2n) is 5.54. The number of benzene rings is 1. The molecule has 23 heavy (non-hydrogen) atoms. The molecule has 0 aromatic heterocycles. The van der Waals surface area contributed by atoms with Gasteiger partial charge in [0.05, 0.1) is 18.1 Å². The lowest BCUT2D eigenvalue weighted by molar-refractivity contribution is -0.169. The highest BCUT2D eigenvalue weighted by molar-refractivity contribution is 7.92. The van der Waals surface area contributed by atoms with Crippen LogP contribution in [0.15, 0.2) is 29.2 Å². The average Bonchev–Trinajstić information content (AvgIpc) is 2.95. The van der Waals surface area contributed by atoms with Crippen molar-refractivity contribution in [3.8, 4) is 0 Å². The molecule has 2 heterocycles. The van der Waals surface area contributed by atoms with Crippen LogP contribution in [0.3, 0.4) is 0 Å². The molecule has 2 aliphatic rings. The van der Waals surface area contributed by atoms with Gasteiger partial charge in [0, 0.05) is 31.6 Å². The summed E-state index contributed by atoms with van der Waals surface area (Å²) in [4.78, 5) is 1.23. The van der Waals surface area contributed by atoms with Crippen LogP contribution in [0.1, 0.15) is 12.8 Å². The topological polar surface area (TPSA) is 55.8 Å². The third kappa shape index (κ3) is 3.05. The van der Waals surface area contributed by atoms with Gasteiger partial charge >= 0.3 is 5.51 Å². The molecule has 0 bridgehead atoms. The van der Waals surface area contributed by atoms with Gasteiger partial charge in [0.25, 0.3) is 9.84 Å². The standard InChI is InChI=1S/C14H16F3NO4S/c15-14(16,17)23(19,20)12-3-1-11(2-4-12)18-7-5-13(6-8-18)21-9-10-22-13/h1-4H,5-10H2. The molecule has 0 atom stereocenters. The van der Waals surface area contributed by atoms with E-state index in [0.29, 0.717) is 44.8 Å². The smallest absolute Gasteiger partial charge is 0.371 e. The number of anilines is 1. The second kappa shape index (κ2) is 5.64. The van der Waals surface area contributed by atoms with Crippen LogP contribution >= 0.6 is 0 Å². The molecule has 5 nitrogen and oxygen atoms in total. The Morgan fingerprint density at radius 1 is 1.00 bits per heavy atom. The molecule has 0 aliphatic carbocycles. The van der Waals surface area contributed by atoms with E-state index in [1.807, 2.05) is 4.90 Å². The highest BCUT2D eigenvalue weighted by Gasteiger charge is 2.47. The maximum absolute atomic E-state index is 12.5. The summed E-state index contributed by atoms with van der Waals surface area (Å²) in [5, 5.41) is 0. The third-order valence-corrected chi connectivity index (χ3v) is 5.66. The van der Waals surface area contributed by atoms with E-state index in [4.69, 9.17) is 9.47 Å². The monoisotopic (exact) mass is 351 g/mol. The maximum Gasteiger partial charge on any atom is 0.501 e. The molecule has 0 radical (unpaired) electrons. The molecule has 2 saturated heterocycles. The number of hydrogen-bond acceptors (Lipinski definition) is 5. The zero-order valence-electron chi connectivity index (χ0n) is 12.2. The highest BCUT2D eigenvalue weighted by Crippen LogP contribution is 2.34. The molecule has 1 spiro atoms. The summed E-state index contributed by atoms with van der Waals surface area (Å²) >= 11 is 0. The van der Waals surface area contributed by atoms with E-state index in [-0.39, 0.29) is 0 Å². The van der Waals surface area contributed by atoms with Crippen molar-refractivity contribution >= 4 is 15.5 Å². The van der Waals surface area contributed by atoms with Crippen molar-refractivity contribution in [1.29, 1.82) is 0 Å². The number of rotatable bonds is 2. The van der Waals surface area contributed by atoms with Crippen LogP contribution in [-0.2, 0) is 19.3 Å². The van der Waals surface area contributed by atoms with E-state index in [2.05, 4.69) is 0 Å². The second-order valence-corrected chi connectivity index (χ2v) is 7.48. The first-order valence-corrected chi connectivity index (χ1v) is 8.66. The Morgan fingerprint density at radius 3 is 2.00 bits per heavy atom. The minimum Gasteiger partial charge on any atom is -0.371 e. The van der Waals surface area contributed by atoms with Gasteiger partial charge in [-0.15, -0.1) is 0 Å². The molecule has 2 aliphatic heterocycles. The van der Waals surface area contributed by atoms with Crippen molar-refractivity contribution < 1.29 is 31.1 Å². The Morgan fingerprint density at radius 2 is 1.52 bits per heavy atom. The molecule has 128 valence electrons. The van der Waals surface area contributed by atoms with Crippen LogP contribution in [0.2, 0.25) is 0 Å². The summed E-state index contributed by atoms with van der Waals surface area (Å²) in [6.07, 6.45) is 1.32. The number of halogens is 3. The summed E-state index contributed by atoms with van der Waals surface area (Å²) in [6.45, 7) is 2.41. The Labute approximate surface area is 131 Å². The fourth-order valence-corrected chi connectivity index (χ4v) is 3.62. The minimum atomic E-state index is -5.30. The largest absolute Gasteiger partial charge is 0.501 e. The van der Waals surface area contributed by atoms with Gasteiger partial charge in [-0.1, -0.05) is 0 Å². The first-order valence-electron chi connectivity index (χ1n) is 7.18. The van der Waals surface area contributed by atoms with E-state index >= 15 is 0 Å². The predicted molar refractivity (Wildman–Crippen MR) is 75.8 cm³/mol. The van der Waals surface area contributed by atoms with Crippen molar-refractivity contribution in [2.45, 2.75) is 29.0 Å². The number of sulfone groups is 1. The Kier molecular flexibility index (Phi) is 4.06. The highest BCUT2D eigenvalue weighted by atomic mass is 32.2. The minimum absolute atomic E-state index is 0.532. The number of nitrogens with zero attached hydrogens (tertiary/aromatic N) is 1. The first kappa shape index (κ1) is 16.5. The van der Waals surface area contributed by atoms with Crippen molar-refractivity contribution in [3.63, 3.8) is 0 Å². The zero-order valence-corrected chi connectivity index (χ0v) is 13.0. The van der Waals surface area contributed by atoms with Crippen LogP contribution in [0.5, 0.6) is 0 Å². The summed E-state index contributed by atoms with van der Waals surface area (Å²) in [5.74, 6) is -0.532. The number of ether oxygens (including phenoxy) is 2. The van der Waals surface area contributed by atoms with Crippen LogP contribution < -0.4 is 4.90 Å². The van der Waals surface area contributed by atoms with E-state index < -0.39 is 26.0 Å². The molecule has 0 N–H and O–H groups in total. The van der Waals surface area contributed by atoms with Crippen molar-refractivity contribution in [2.75, 3.05) is 31.2 Å². The third-order valence-electron chi connectivity index (χ3n) is 4.16. The Hall–Kier alpha value is -1.32. The lowest BCUT2D eigenvalue weighted by atomic mass is 10.0. The molecule has 3 rings (SSSR count). The fraction of sp³-hybridized carbons (Fsp3) is 0.571. The summed E-state index contributed by atoms with van der Waals surface area (Å²) in [6, 6.07) is 4.77. The predicted octanol–water partition coefficient (Wildman–Crippen LogP) is 2.32. The average molecular weight is 351 g/mol. The SMILES string of the molecule is O=S(=O)(c1ccc(N2CCC3(CC2)OCCO3)cc1)C(F)(F)F. The molecular weight excluding hydrogens is 335 g/mol. The van der Waals surface area contributed by atoms with Crippen LogP contribution in [0.25, 0.3) is 0 Å². The Bertz CT molecular complexity index is 656. The van der Waals surface area contributed by atoms with Crippen molar-refractivity contribution in [1.82, 2.24) is 0 Å². The van der Waals surface area contributed by atoms with Gasteiger partial charge in [-0.2, -0.15) is 13.2 Å². The molecule has 0 amide bonds. The van der Waals surface area contributed by atoms with Gasteiger partial charge in [0.1, 0.15) is 0 Å². The maximum atomic E-state index is 12.5. The fourth-order valence-electron chi connectivity index (χ4n) is 2.86. The van der Waals surface area contributed by atoms with Gasteiger partial charge < -0.3 is 14.4 Å². The molecule has 9 heteroatoms. The van der Waals surface area contributed by atoms with Crippen LogP contribution in [0, 0.1) is 0 Å². The number of hydrogen-bond donors (Lipinski definition) is 0. The van der Waals surface area contributed by atoms with Crippen molar-refractivity contribution in [2.24, 2.45) is 0 Å². The molecule has 1 aromatic rings. The van der Waals surface area contributed by atoms with Gasteiger partial charge in [-0.3, -0.25) is 0 Å². The van der Waals surface area contributed by atoms with E-state index in [1.54, 1.807) is 0 Å². The molecule has 2 fully saturated rings. The number of piperidine rings is 1. The number of alkyl halides is 3. The van der Waals surface area contributed by atoms with Crippen LogP contribution in [0.4, 0.5) is 18.9 Å². The van der Waals surface area contributed by atoms with Crippen molar-refractivity contribution in [3.05, 3.63) is 24.3 Å². The van der Waals surface area contributed by atoms with Gasteiger partial charge in [-0.25, -0.2) is 8.42 Å². The van der Waals surface area contributed by atoms with E-state index in [1.165, 1.54) is 12.1 Å². The molecule has 0 saturated carbocycles. The summed E-state index contributed by atoms with van der Waals surface area (Å²) in [5.41, 5.74) is -4.61. The van der Waals surface area contributed by atoms with E-state index in [0.717, 1.165) is 12.1 Å². The summed E-state index contributed by atoms with van der Waals surface area (Å²) < 4.78 is 71.5. The molecule has 1 aromatic carbocycles. The lowest BCUT2D eigenvalue weighted by Crippen LogP contribution is -2.45. The molecular formula is C14H16F3NO4S. The zero-order chi connectivity index (χ0) is 16.7. The quantitative estimate of drug-likeness (QED) is 0.819. The van der Waals surface area contributed by atoms with Gasteiger partial charge in [0.15, 0.2) is 5.79 Å². The van der Waals surface area contributed by atoms with E-state index in [9.17, 15) is 21.6 Å². The van der Waals surface area contributed by atoms with Gasteiger partial charge in [-0.05, 0) is 24.3 Å². The lowest BCUT2D eigenvalue weighted by Gasteiger charge is -2.38. The Balaban J connectivity index is 1.71. The van der Waals surface area contributed by atoms with Crippen LogP contribution in [-0.4, -0.2) is 46.0 Å². The first-order chi connectivity index (χ1) is 10.7. The normalized spacial score (nSPS) is 21.8. The molecule has 0 unspecified atom stereocenters. The van der Waals surface area contributed by atoms with Gasteiger partial charge in [0.2, 0.25) is 0 Å².